The van der Waals surface area contributed by atoms with Crippen molar-refractivity contribution in [3.05, 3.63) is 27.7 Å². The summed E-state index contributed by atoms with van der Waals surface area (Å²) in [6.45, 7) is 2.02. The summed E-state index contributed by atoms with van der Waals surface area (Å²) in [7, 11) is 0. The molecule has 0 saturated heterocycles. The Morgan fingerprint density at radius 2 is 2.29 bits per heavy atom. The lowest BCUT2D eigenvalue weighted by Crippen LogP contribution is -2.09. The van der Waals surface area contributed by atoms with Crippen molar-refractivity contribution >= 4 is 27.6 Å². The van der Waals surface area contributed by atoms with E-state index in [1.54, 1.807) is 19.1 Å². The molecule has 1 aromatic carbocycles. The van der Waals surface area contributed by atoms with Gasteiger partial charge in [0.05, 0.1) is 18.2 Å². The number of nitrogens with two attached hydrogens (primary N) is 1. The van der Waals surface area contributed by atoms with Crippen molar-refractivity contribution in [3.63, 3.8) is 0 Å². The molecule has 0 spiro atoms. The summed E-state index contributed by atoms with van der Waals surface area (Å²) in [5.41, 5.74) is 7.46. The van der Waals surface area contributed by atoms with Gasteiger partial charge in [0.1, 0.15) is 0 Å². The Hall–Kier alpha value is -1.54. The first kappa shape index (κ1) is 13.5. The second-order valence-corrected chi connectivity index (χ2v) is 4.48. The largest absolute Gasteiger partial charge is 0.462 e. The van der Waals surface area contributed by atoms with Crippen molar-refractivity contribution in [1.82, 2.24) is 0 Å². The number of carbonyl (C=O) groups excluding carboxylic acids is 1. The summed E-state index contributed by atoms with van der Waals surface area (Å²) >= 11 is 3.28. The zero-order chi connectivity index (χ0) is 12.8. The highest BCUT2D eigenvalue weighted by Crippen LogP contribution is 2.23. The fourth-order valence-corrected chi connectivity index (χ4v) is 1.78. The summed E-state index contributed by atoms with van der Waals surface area (Å²) in [6, 6.07) is 5.41. The van der Waals surface area contributed by atoms with Crippen LogP contribution in [-0.2, 0) is 4.74 Å². The highest BCUT2D eigenvalue weighted by atomic mass is 79.9. The SMILES string of the molecule is Cc1c(N)cc(Br)cc1C(=O)OCCCC#N. The first-order chi connectivity index (χ1) is 8.06. The van der Waals surface area contributed by atoms with Crippen LogP contribution in [0.2, 0.25) is 0 Å². The molecule has 1 rings (SSSR count). The molecule has 5 heteroatoms. The number of ether oxygens (including phenoxy) is 1. The fourth-order valence-electron chi connectivity index (χ4n) is 1.31. The number of benzene rings is 1. The Balaban J connectivity index is 2.73. The lowest BCUT2D eigenvalue weighted by molar-refractivity contribution is 0.0501. The molecule has 2 N–H and O–H groups in total. The molecular formula is C12H13BrN2O2. The molecule has 0 radical (unpaired) electrons. The van der Waals surface area contributed by atoms with Crippen LogP contribution >= 0.6 is 15.9 Å². The first-order valence-corrected chi connectivity index (χ1v) is 5.95. The number of carbonyl (C=O) groups is 1. The molecule has 0 heterocycles. The van der Waals surface area contributed by atoms with Crippen LogP contribution < -0.4 is 5.73 Å². The first-order valence-electron chi connectivity index (χ1n) is 5.16. The van der Waals surface area contributed by atoms with E-state index in [4.69, 9.17) is 15.7 Å². The lowest BCUT2D eigenvalue weighted by atomic mass is 10.1. The maximum atomic E-state index is 11.8. The monoisotopic (exact) mass is 296 g/mol. The van der Waals surface area contributed by atoms with Crippen molar-refractivity contribution in [2.75, 3.05) is 12.3 Å². The molecule has 90 valence electrons. The Kier molecular flexibility index (Phi) is 4.98. The smallest absolute Gasteiger partial charge is 0.338 e. The van der Waals surface area contributed by atoms with Gasteiger partial charge in [0, 0.05) is 16.6 Å². The number of rotatable bonds is 4. The number of nitrogens with zero attached hydrogens (tertiary/aromatic N) is 1. The van der Waals surface area contributed by atoms with Gasteiger partial charge in [0.25, 0.3) is 0 Å². The molecule has 0 aliphatic rings. The van der Waals surface area contributed by atoms with Crippen LogP contribution in [0.5, 0.6) is 0 Å². The van der Waals surface area contributed by atoms with Gasteiger partial charge >= 0.3 is 5.97 Å². The highest BCUT2D eigenvalue weighted by molar-refractivity contribution is 9.10. The quantitative estimate of drug-likeness (QED) is 0.526. The average molecular weight is 297 g/mol. The van der Waals surface area contributed by atoms with Gasteiger partial charge in [-0.15, -0.1) is 0 Å². The second-order valence-electron chi connectivity index (χ2n) is 3.57. The number of anilines is 1. The van der Waals surface area contributed by atoms with Gasteiger partial charge in [-0.2, -0.15) is 5.26 Å². The molecule has 4 nitrogen and oxygen atoms in total. The van der Waals surface area contributed by atoms with E-state index in [1.807, 2.05) is 6.07 Å². The third-order valence-corrected chi connectivity index (χ3v) is 2.76. The predicted octanol–water partition coefficient (Wildman–Crippen LogP) is 2.80. The molecule has 0 bridgehead atoms. The van der Waals surface area contributed by atoms with Crippen molar-refractivity contribution < 1.29 is 9.53 Å². The standard InChI is InChI=1S/C12H13BrN2O2/c1-8-10(6-9(13)7-11(8)15)12(16)17-5-3-2-4-14/h6-7H,2-3,5,15H2,1H3. The number of hydrogen-bond donors (Lipinski definition) is 1. The van der Waals surface area contributed by atoms with Crippen LogP contribution in [0.1, 0.15) is 28.8 Å². The van der Waals surface area contributed by atoms with Crippen molar-refractivity contribution in [2.24, 2.45) is 0 Å². The molecule has 0 saturated carbocycles. The Labute approximate surface area is 108 Å². The van der Waals surface area contributed by atoms with Crippen LogP contribution in [0.25, 0.3) is 0 Å². The molecule has 0 aliphatic carbocycles. The van der Waals surface area contributed by atoms with Crippen molar-refractivity contribution in [1.29, 1.82) is 5.26 Å². The fraction of sp³-hybridized carbons (Fsp3) is 0.333. The highest BCUT2D eigenvalue weighted by Gasteiger charge is 2.13. The van der Waals surface area contributed by atoms with E-state index >= 15 is 0 Å². The summed E-state index contributed by atoms with van der Waals surface area (Å²) in [4.78, 5) is 11.8. The maximum absolute atomic E-state index is 11.8. The number of halogens is 1. The van der Waals surface area contributed by atoms with Crippen LogP contribution in [0.15, 0.2) is 16.6 Å². The Morgan fingerprint density at radius 1 is 1.59 bits per heavy atom. The number of nitriles is 1. The molecule has 0 aliphatic heterocycles. The van der Waals surface area contributed by atoms with E-state index in [1.165, 1.54) is 0 Å². The van der Waals surface area contributed by atoms with E-state index in [2.05, 4.69) is 15.9 Å². The van der Waals surface area contributed by atoms with Gasteiger partial charge in [-0.05, 0) is 31.0 Å². The number of hydrogen-bond acceptors (Lipinski definition) is 4. The van der Waals surface area contributed by atoms with Crippen LogP contribution in [0.3, 0.4) is 0 Å². The minimum Gasteiger partial charge on any atom is -0.462 e. The Morgan fingerprint density at radius 3 is 2.94 bits per heavy atom. The molecule has 1 aromatic rings. The van der Waals surface area contributed by atoms with E-state index in [0.717, 1.165) is 4.47 Å². The summed E-state index contributed by atoms with van der Waals surface area (Å²) in [5.74, 6) is -0.409. The van der Waals surface area contributed by atoms with Gasteiger partial charge in [0.2, 0.25) is 0 Å². The van der Waals surface area contributed by atoms with Gasteiger partial charge in [-0.3, -0.25) is 0 Å². The van der Waals surface area contributed by atoms with E-state index in [9.17, 15) is 4.79 Å². The molecule has 17 heavy (non-hydrogen) atoms. The molecule has 0 amide bonds. The van der Waals surface area contributed by atoms with Gasteiger partial charge in [-0.1, -0.05) is 15.9 Å². The zero-order valence-electron chi connectivity index (χ0n) is 9.50. The van der Waals surface area contributed by atoms with Crippen molar-refractivity contribution in [3.8, 4) is 6.07 Å². The van der Waals surface area contributed by atoms with Crippen LogP contribution in [0.4, 0.5) is 5.69 Å². The van der Waals surface area contributed by atoms with E-state index in [-0.39, 0.29) is 6.61 Å². The van der Waals surface area contributed by atoms with Gasteiger partial charge in [0.15, 0.2) is 0 Å². The van der Waals surface area contributed by atoms with Gasteiger partial charge < -0.3 is 10.5 Å². The second kappa shape index (κ2) is 6.26. The topological polar surface area (TPSA) is 76.1 Å². The van der Waals surface area contributed by atoms with E-state index < -0.39 is 5.97 Å². The molecule has 0 fully saturated rings. The molecular weight excluding hydrogens is 284 g/mol. The predicted molar refractivity (Wildman–Crippen MR) is 68.4 cm³/mol. The summed E-state index contributed by atoms with van der Waals surface area (Å²) in [5, 5.41) is 8.35. The third-order valence-electron chi connectivity index (χ3n) is 2.30. The minimum atomic E-state index is -0.409. The molecule has 0 atom stereocenters. The van der Waals surface area contributed by atoms with Crippen LogP contribution in [0, 0.1) is 18.3 Å². The lowest BCUT2D eigenvalue weighted by Gasteiger charge is -2.09. The van der Waals surface area contributed by atoms with Crippen LogP contribution in [-0.4, -0.2) is 12.6 Å². The molecule has 0 unspecified atom stereocenters. The normalized spacial score (nSPS) is 9.71. The molecule has 0 aromatic heterocycles. The third kappa shape index (κ3) is 3.75. The average Bonchev–Trinajstić information content (AvgIpc) is 2.29. The summed E-state index contributed by atoms with van der Waals surface area (Å²) in [6.07, 6.45) is 0.928. The number of unbranched alkanes of at least 4 members (excludes halogenated alkanes) is 1. The maximum Gasteiger partial charge on any atom is 0.338 e. The minimum absolute atomic E-state index is 0.248. The summed E-state index contributed by atoms with van der Waals surface area (Å²) < 4.78 is 5.79. The number of nitrogen functional groups attached to an aromatic ring is 1. The van der Waals surface area contributed by atoms with E-state index in [0.29, 0.717) is 29.7 Å². The number of esters is 1. The van der Waals surface area contributed by atoms with Crippen molar-refractivity contribution in [2.45, 2.75) is 19.8 Å². The Bertz CT molecular complexity index is 466. The zero-order valence-corrected chi connectivity index (χ0v) is 11.1. The van der Waals surface area contributed by atoms with Gasteiger partial charge in [-0.25, -0.2) is 4.79 Å².